The van der Waals surface area contributed by atoms with Gasteiger partial charge < -0.3 is 0 Å². The number of halogens is 1. The van der Waals surface area contributed by atoms with Crippen LogP contribution in [0.1, 0.15) is 11.3 Å². The molecule has 7 heteroatoms. The Kier molecular flexibility index (Phi) is 4.10. The fourth-order valence-electron chi connectivity index (χ4n) is 2.85. The van der Waals surface area contributed by atoms with Crippen LogP contribution >= 0.6 is 11.6 Å². The summed E-state index contributed by atoms with van der Waals surface area (Å²) >= 11 is 6.59. The molecule has 2 N–H and O–H groups in total. The predicted octanol–water partition coefficient (Wildman–Crippen LogP) is 3.88. The summed E-state index contributed by atoms with van der Waals surface area (Å²) in [5, 5.41) is 16.5. The number of hydrogen-bond acceptors (Lipinski definition) is 5. The number of nitrogens with zero attached hydrogens (tertiary/aromatic N) is 3. The van der Waals surface area contributed by atoms with Gasteiger partial charge in [0, 0.05) is 16.3 Å². The number of anilines is 1. The molecule has 0 aliphatic heterocycles. The Hall–Kier alpha value is -3.25. The quantitative estimate of drug-likeness (QED) is 0.329. The molecule has 1 aromatic heterocycles. The molecule has 0 spiro atoms. The highest BCUT2D eigenvalue weighted by atomic mass is 35.5. The highest BCUT2D eigenvalue weighted by molar-refractivity contribution is 6.42. The summed E-state index contributed by atoms with van der Waals surface area (Å²) < 4.78 is 0. The van der Waals surface area contributed by atoms with Gasteiger partial charge in [0.15, 0.2) is 0 Å². The minimum atomic E-state index is -0.305. The molecule has 26 heavy (non-hydrogen) atoms. The molecule has 0 fully saturated rings. The standard InChI is InChI=1S/C19H14ClN5O/c1-11-18(26)22-19(25-23-11)24-21-10-16-12-6-2-4-8-14(12)17(20)15-9-5-3-7-13(15)16/h2-10H,1H3,(H2,22,24,25,26)/b21-10-. The molecule has 128 valence electrons. The van der Waals surface area contributed by atoms with Crippen molar-refractivity contribution < 1.29 is 0 Å². The summed E-state index contributed by atoms with van der Waals surface area (Å²) in [5.41, 5.74) is 3.63. The van der Waals surface area contributed by atoms with Gasteiger partial charge in [-0.1, -0.05) is 60.1 Å². The van der Waals surface area contributed by atoms with Crippen LogP contribution in [0.4, 0.5) is 5.95 Å². The number of hydrazone groups is 1. The Bertz CT molecular complexity index is 1160. The van der Waals surface area contributed by atoms with E-state index in [9.17, 15) is 4.79 Å². The van der Waals surface area contributed by atoms with Gasteiger partial charge in [-0.2, -0.15) is 5.10 Å². The Labute approximate surface area is 153 Å². The second-order valence-electron chi connectivity index (χ2n) is 5.78. The Balaban J connectivity index is 1.83. The van der Waals surface area contributed by atoms with Crippen LogP contribution in [0.5, 0.6) is 0 Å². The van der Waals surface area contributed by atoms with Crippen molar-refractivity contribution >= 4 is 45.3 Å². The molecular weight excluding hydrogens is 350 g/mol. The third kappa shape index (κ3) is 2.80. The lowest BCUT2D eigenvalue weighted by Gasteiger charge is -2.10. The van der Waals surface area contributed by atoms with E-state index >= 15 is 0 Å². The first-order valence-corrected chi connectivity index (χ1v) is 8.34. The van der Waals surface area contributed by atoms with E-state index in [0.717, 1.165) is 32.1 Å². The second kappa shape index (κ2) is 6.57. The molecule has 0 radical (unpaired) electrons. The van der Waals surface area contributed by atoms with Gasteiger partial charge in [-0.15, -0.1) is 10.2 Å². The molecule has 0 atom stereocenters. The van der Waals surface area contributed by atoms with Gasteiger partial charge in [0.1, 0.15) is 5.69 Å². The first kappa shape index (κ1) is 16.2. The van der Waals surface area contributed by atoms with Crippen LogP contribution in [0, 0.1) is 6.92 Å². The van der Waals surface area contributed by atoms with Crippen molar-refractivity contribution in [1.29, 1.82) is 0 Å². The SMILES string of the molecule is Cc1nnc(N/N=C\c2c3ccccc3c(Cl)c3ccccc23)[nH]c1=O. The van der Waals surface area contributed by atoms with E-state index in [0.29, 0.717) is 5.69 Å². The lowest BCUT2D eigenvalue weighted by atomic mass is 9.97. The summed E-state index contributed by atoms with van der Waals surface area (Å²) in [6.07, 6.45) is 1.70. The van der Waals surface area contributed by atoms with Crippen molar-refractivity contribution in [2.45, 2.75) is 6.92 Å². The maximum atomic E-state index is 11.6. The molecule has 0 saturated heterocycles. The van der Waals surface area contributed by atoms with Crippen molar-refractivity contribution in [3.05, 3.63) is 75.2 Å². The van der Waals surface area contributed by atoms with E-state index in [1.165, 1.54) is 0 Å². The second-order valence-corrected chi connectivity index (χ2v) is 6.15. The fraction of sp³-hybridized carbons (Fsp3) is 0.0526. The fourth-order valence-corrected chi connectivity index (χ4v) is 3.18. The zero-order chi connectivity index (χ0) is 18.1. The van der Waals surface area contributed by atoms with Gasteiger partial charge in [-0.05, 0) is 17.7 Å². The molecule has 3 aromatic carbocycles. The molecule has 6 nitrogen and oxygen atoms in total. The molecule has 4 aromatic rings. The topological polar surface area (TPSA) is 83.0 Å². The number of aromatic nitrogens is 3. The van der Waals surface area contributed by atoms with Gasteiger partial charge in [0.05, 0.1) is 11.2 Å². The third-order valence-electron chi connectivity index (χ3n) is 4.13. The number of benzene rings is 3. The third-order valence-corrected chi connectivity index (χ3v) is 4.54. The monoisotopic (exact) mass is 363 g/mol. The molecule has 0 amide bonds. The molecular formula is C19H14ClN5O. The van der Waals surface area contributed by atoms with E-state index in [2.05, 4.69) is 25.7 Å². The summed E-state index contributed by atoms with van der Waals surface area (Å²) in [6.45, 7) is 1.59. The first-order chi connectivity index (χ1) is 12.6. The number of H-pyrrole nitrogens is 1. The van der Waals surface area contributed by atoms with Gasteiger partial charge >= 0.3 is 0 Å². The lowest BCUT2D eigenvalue weighted by molar-refractivity contribution is 0.897. The zero-order valence-corrected chi connectivity index (χ0v) is 14.6. The van der Waals surface area contributed by atoms with Crippen molar-refractivity contribution in [3.63, 3.8) is 0 Å². The highest BCUT2D eigenvalue weighted by Crippen LogP contribution is 2.35. The summed E-state index contributed by atoms with van der Waals surface area (Å²) in [7, 11) is 0. The molecule has 1 heterocycles. The number of hydrogen-bond donors (Lipinski definition) is 2. The van der Waals surface area contributed by atoms with Gasteiger partial charge in [-0.3, -0.25) is 9.78 Å². The van der Waals surface area contributed by atoms with Crippen molar-refractivity contribution in [2.75, 3.05) is 5.43 Å². The van der Waals surface area contributed by atoms with Crippen molar-refractivity contribution in [3.8, 4) is 0 Å². The lowest BCUT2D eigenvalue weighted by Crippen LogP contribution is -2.15. The molecule has 0 aliphatic carbocycles. The Morgan fingerprint density at radius 1 is 1.00 bits per heavy atom. The molecule has 0 aliphatic rings. The summed E-state index contributed by atoms with van der Waals surface area (Å²) in [5.74, 6) is 0.180. The van der Waals surface area contributed by atoms with Crippen molar-refractivity contribution in [1.82, 2.24) is 15.2 Å². The van der Waals surface area contributed by atoms with Gasteiger partial charge in [0.2, 0.25) is 5.95 Å². The molecule has 0 bridgehead atoms. The van der Waals surface area contributed by atoms with E-state index in [4.69, 9.17) is 11.6 Å². The van der Waals surface area contributed by atoms with Crippen LogP contribution in [0.25, 0.3) is 21.5 Å². The van der Waals surface area contributed by atoms with Gasteiger partial charge in [0.25, 0.3) is 5.56 Å². The normalized spacial score (nSPS) is 11.5. The number of fused-ring (bicyclic) bond motifs is 2. The van der Waals surface area contributed by atoms with Crippen LogP contribution < -0.4 is 11.0 Å². The summed E-state index contributed by atoms with van der Waals surface area (Å²) in [4.78, 5) is 14.2. The van der Waals surface area contributed by atoms with E-state index < -0.39 is 0 Å². The molecule has 0 saturated carbocycles. The highest BCUT2D eigenvalue weighted by Gasteiger charge is 2.10. The number of rotatable bonds is 3. The molecule has 4 rings (SSSR count). The maximum Gasteiger partial charge on any atom is 0.274 e. The van der Waals surface area contributed by atoms with Crippen LogP contribution in [-0.4, -0.2) is 21.4 Å². The largest absolute Gasteiger partial charge is 0.288 e. The minimum Gasteiger partial charge on any atom is -0.288 e. The average Bonchev–Trinajstić information content (AvgIpc) is 2.67. The number of nitrogens with one attached hydrogen (secondary N) is 2. The predicted molar refractivity (Wildman–Crippen MR) is 105 cm³/mol. The van der Waals surface area contributed by atoms with E-state index in [1.54, 1.807) is 13.1 Å². The minimum absolute atomic E-state index is 0.180. The number of aryl methyl sites for hydroxylation is 1. The smallest absolute Gasteiger partial charge is 0.274 e. The van der Waals surface area contributed by atoms with Crippen LogP contribution in [0.2, 0.25) is 5.02 Å². The number of aromatic amines is 1. The Morgan fingerprint density at radius 2 is 1.58 bits per heavy atom. The van der Waals surface area contributed by atoms with E-state index in [-0.39, 0.29) is 11.5 Å². The van der Waals surface area contributed by atoms with Crippen LogP contribution in [0.15, 0.2) is 58.4 Å². The first-order valence-electron chi connectivity index (χ1n) is 7.97. The zero-order valence-electron chi connectivity index (χ0n) is 13.8. The molecule has 0 unspecified atom stereocenters. The van der Waals surface area contributed by atoms with Crippen LogP contribution in [0.3, 0.4) is 0 Å². The van der Waals surface area contributed by atoms with Crippen LogP contribution in [-0.2, 0) is 0 Å². The summed E-state index contributed by atoms with van der Waals surface area (Å²) in [6, 6.07) is 15.8. The average molecular weight is 364 g/mol. The Morgan fingerprint density at radius 3 is 2.15 bits per heavy atom. The van der Waals surface area contributed by atoms with Crippen molar-refractivity contribution in [2.24, 2.45) is 5.10 Å². The maximum absolute atomic E-state index is 11.6. The van der Waals surface area contributed by atoms with E-state index in [1.807, 2.05) is 48.5 Å². The van der Waals surface area contributed by atoms with Gasteiger partial charge in [-0.25, -0.2) is 5.43 Å².